The summed E-state index contributed by atoms with van der Waals surface area (Å²) < 4.78 is 14.4. The third kappa shape index (κ3) is 2.71. The predicted molar refractivity (Wildman–Crippen MR) is 73.3 cm³/mol. The van der Waals surface area contributed by atoms with Gasteiger partial charge >= 0.3 is 11.9 Å². The molecule has 21 heavy (non-hydrogen) atoms. The van der Waals surface area contributed by atoms with Gasteiger partial charge in [-0.1, -0.05) is 12.1 Å². The second-order valence-corrected chi connectivity index (χ2v) is 4.03. The molecule has 0 aliphatic heterocycles. The van der Waals surface area contributed by atoms with Crippen LogP contribution in [0.15, 0.2) is 24.3 Å². The minimum atomic E-state index is -0.646. The van der Waals surface area contributed by atoms with Crippen LogP contribution in [-0.2, 0) is 9.47 Å². The Morgan fingerprint density at radius 1 is 1.00 bits per heavy atom. The number of benzene rings is 1. The molecule has 1 aromatic heterocycles. The van der Waals surface area contributed by atoms with Crippen molar-refractivity contribution in [1.82, 2.24) is 10.2 Å². The van der Waals surface area contributed by atoms with Gasteiger partial charge in [0.05, 0.1) is 21.3 Å². The minimum Gasteiger partial charge on any atom is -0.497 e. The maximum absolute atomic E-state index is 11.8. The standard InChI is InChI=1S/C14H14N2O5/c1-19-9-6-4-8(5-7-9)10-11(13(17)20-2)15-16-12(10)14(18)21-3/h4-7H,1-3H3,(H,15,16). The number of aromatic nitrogens is 2. The van der Waals surface area contributed by atoms with E-state index in [9.17, 15) is 9.59 Å². The highest BCUT2D eigenvalue weighted by molar-refractivity contribution is 6.03. The molecule has 0 spiro atoms. The number of carbonyl (C=O) groups excluding carboxylic acids is 2. The summed E-state index contributed by atoms with van der Waals surface area (Å²) in [6, 6.07) is 6.85. The number of carbonyl (C=O) groups is 2. The fourth-order valence-electron chi connectivity index (χ4n) is 1.87. The Hall–Kier alpha value is -2.83. The van der Waals surface area contributed by atoms with Crippen molar-refractivity contribution in [2.75, 3.05) is 21.3 Å². The fraction of sp³-hybridized carbons (Fsp3) is 0.214. The molecule has 0 bridgehead atoms. The number of nitrogens with zero attached hydrogens (tertiary/aromatic N) is 1. The summed E-state index contributed by atoms with van der Waals surface area (Å²) in [5.74, 6) is -0.614. The van der Waals surface area contributed by atoms with Crippen LogP contribution >= 0.6 is 0 Å². The van der Waals surface area contributed by atoms with Gasteiger partial charge in [0, 0.05) is 5.56 Å². The number of methoxy groups -OCH3 is 3. The molecule has 0 aliphatic carbocycles. The number of nitrogens with one attached hydrogen (secondary N) is 1. The van der Waals surface area contributed by atoms with Gasteiger partial charge in [-0.2, -0.15) is 5.10 Å². The highest BCUT2D eigenvalue weighted by Crippen LogP contribution is 2.28. The molecule has 0 amide bonds. The Bertz CT molecular complexity index is 627. The molecule has 2 rings (SSSR count). The number of rotatable bonds is 4. The van der Waals surface area contributed by atoms with Gasteiger partial charge in [-0.15, -0.1) is 0 Å². The number of hydrogen-bond donors (Lipinski definition) is 1. The Morgan fingerprint density at radius 2 is 1.62 bits per heavy atom. The minimum absolute atomic E-state index is 0.0167. The van der Waals surface area contributed by atoms with Gasteiger partial charge in [0.25, 0.3) is 0 Å². The summed E-state index contributed by atoms with van der Waals surface area (Å²) in [5, 5.41) is 6.35. The van der Waals surface area contributed by atoms with Gasteiger partial charge in [-0.05, 0) is 17.7 Å². The molecule has 0 saturated heterocycles. The largest absolute Gasteiger partial charge is 0.497 e. The summed E-state index contributed by atoms with van der Waals surface area (Å²) in [6.07, 6.45) is 0. The molecule has 0 fully saturated rings. The van der Waals surface area contributed by atoms with Crippen molar-refractivity contribution in [1.29, 1.82) is 0 Å². The lowest BCUT2D eigenvalue weighted by molar-refractivity contribution is 0.0588. The SMILES string of the molecule is COC(=O)c1n[nH]c(C(=O)OC)c1-c1ccc(OC)cc1. The van der Waals surface area contributed by atoms with E-state index in [1.165, 1.54) is 14.2 Å². The van der Waals surface area contributed by atoms with Crippen LogP contribution in [-0.4, -0.2) is 43.5 Å². The first-order valence-electron chi connectivity index (χ1n) is 6.01. The van der Waals surface area contributed by atoms with Crippen LogP contribution in [0.1, 0.15) is 21.0 Å². The van der Waals surface area contributed by atoms with E-state index in [0.717, 1.165) is 0 Å². The molecular weight excluding hydrogens is 276 g/mol. The van der Waals surface area contributed by atoms with E-state index < -0.39 is 11.9 Å². The zero-order chi connectivity index (χ0) is 15.4. The number of hydrogen-bond acceptors (Lipinski definition) is 6. The topological polar surface area (TPSA) is 90.5 Å². The first kappa shape index (κ1) is 14.6. The van der Waals surface area contributed by atoms with Crippen LogP contribution in [0.2, 0.25) is 0 Å². The fourth-order valence-corrected chi connectivity index (χ4v) is 1.87. The van der Waals surface area contributed by atoms with Crippen LogP contribution in [0.5, 0.6) is 5.75 Å². The molecule has 1 aromatic carbocycles. The van der Waals surface area contributed by atoms with Crippen molar-refractivity contribution in [2.24, 2.45) is 0 Å². The van der Waals surface area contributed by atoms with Crippen molar-refractivity contribution in [3.05, 3.63) is 35.7 Å². The van der Waals surface area contributed by atoms with Crippen LogP contribution in [0, 0.1) is 0 Å². The van der Waals surface area contributed by atoms with E-state index in [2.05, 4.69) is 19.7 Å². The van der Waals surface area contributed by atoms with Crippen molar-refractivity contribution < 1.29 is 23.8 Å². The van der Waals surface area contributed by atoms with Crippen LogP contribution in [0.4, 0.5) is 0 Å². The van der Waals surface area contributed by atoms with E-state index in [-0.39, 0.29) is 11.4 Å². The third-order valence-corrected chi connectivity index (χ3v) is 2.91. The molecule has 7 heteroatoms. The maximum atomic E-state index is 11.8. The molecule has 0 aliphatic rings. The van der Waals surface area contributed by atoms with Crippen LogP contribution < -0.4 is 4.74 Å². The number of ether oxygens (including phenoxy) is 3. The second kappa shape index (κ2) is 6.08. The molecular formula is C14H14N2O5. The van der Waals surface area contributed by atoms with Crippen molar-refractivity contribution in [3.8, 4) is 16.9 Å². The highest BCUT2D eigenvalue weighted by atomic mass is 16.5. The molecule has 7 nitrogen and oxygen atoms in total. The first-order chi connectivity index (χ1) is 10.1. The van der Waals surface area contributed by atoms with Crippen LogP contribution in [0.25, 0.3) is 11.1 Å². The van der Waals surface area contributed by atoms with Crippen molar-refractivity contribution >= 4 is 11.9 Å². The van der Waals surface area contributed by atoms with Gasteiger partial charge < -0.3 is 14.2 Å². The summed E-state index contributed by atoms with van der Waals surface area (Å²) in [6.45, 7) is 0. The van der Waals surface area contributed by atoms with Gasteiger partial charge in [0.15, 0.2) is 11.4 Å². The lowest BCUT2D eigenvalue weighted by atomic mass is 10.0. The van der Waals surface area contributed by atoms with E-state index in [4.69, 9.17) is 4.74 Å². The molecule has 1 N–H and O–H groups in total. The van der Waals surface area contributed by atoms with E-state index in [1.54, 1.807) is 31.4 Å². The lowest BCUT2D eigenvalue weighted by Gasteiger charge is -2.06. The van der Waals surface area contributed by atoms with Crippen LogP contribution in [0.3, 0.4) is 0 Å². The van der Waals surface area contributed by atoms with E-state index in [1.807, 2.05) is 0 Å². The molecule has 0 atom stereocenters. The van der Waals surface area contributed by atoms with Gasteiger partial charge in [0.2, 0.25) is 0 Å². The monoisotopic (exact) mass is 290 g/mol. The Labute approximate surface area is 120 Å². The van der Waals surface area contributed by atoms with Gasteiger partial charge in [-0.3, -0.25) is 5.10 Å². The Morgan fingerprint density at radius 3 is 2.14 bits per heavy atom. The number of aromatic amines is 1. The summed E-state index contributed by atoms with van der Waals surface area (Å²) >= 11 is 0. The molecule has 0 radical (unpaired) electrons. The summed E-state index contributed by atoms with van der Waals surface area (Å²) in [7, 11) is 4.04. The maximum Gasteiger partial charge on any atom is 0.359 e. The smallest absolute Gasteiger partial charge is 0.359 e. The summed E-state index contributed by atoms with van der Waals surface area (Å²) in [4.78, 5) is 23.6. The highest BCUT2D eigenvalue weighted by Gasteiger charge is 2.25. The van der Waals surface area contributed by atoms with E-state index in [0.29, 0.717) is 16.9 Å². The quantitative estimate of drug-likeness (QED) is 0.861. The lowest BCUT2D eigenvalue weighted by Crippen LogP contribution is -2.06. The zero-order valence-electron chi connectivity index (χ0n) is 11.8. The van der Waals surface area contributed by atoms with Crippen molar-refractivity contribution in [2.45, 2.75) is 0 Å². The Balaban J connectivity index is 2.59. The molecule has 0 saturated carbocycles. The van der Waals surface area contributed by atoms with Crippen molar-refractivity contribution in [3.63, 3.8) is 0 Å². The third-order valence-electron chi connectivity index (χ3n) is 2.91. The molecule has 1 heterocycles. The predicted octanol–water partition coefficient (Wildman–Crippen LogP) is 1.66. The number of H-pyrrole nitrogens is 1. The van der Waals surface area contributed by atoms with Gasteiger partial charge in [0.1, 0.15) is 5.75 Å². The summed E-state index contributed by atoms with van der Waals surface area (Å²) in [5.41, 5.74) is 1.05. The average molecular weight is 290 g/mol. The van der Waals surface area contributed by atoms with E-state index >= 15 is 0 Å². The van der Waals surface area contributed by atoms with Gasteiger partial charge in [-0.25, -0.2) is 9.59 Å². The second-order valence-electron chi connectivity index (χ2n) is 4.03. The Kier molecular flexibility index (Phi) is 4.22. The first-order valence-corrected chi connectivity index (χ1v) is 6.01. The molecule has 110 valence electrons. The molecule has 2 aromatic rings. The zero-order valence-corrected chi connectivity index (χ0v) is 11.8. The number of esters is 2. The average Bonchev–Trinajstić information content (AvgIpc) is 2.98. The molecule has 0 unspecified atom stereocenters. The normalized spacial score (nSPS) is 10.0.